The van der Waals surface area contributed by atoms with Crippen LogP contribution in [0.25, 0.3) is 44.7 Å². The highest BCUT2D eigenvalue weighted by Gasteiger charge is 2.21. The van der Waals surface area contributed by atoms with Crippen molar-refractivity contribution in [3.05, 3.63) is 88.2 Å². The average Bonchev–Trinajstić information content (AvgIpc) is 3.86. The van der Waals surface area contributed by atoms with Crippen LogP contribution in [0.3, 0.4) is 0 Å². The van der Waals surface area contributed by atoms with Crippen LogP contribution < -0.4 is 20.7 Å². The maximum atomic E-state index is 11.5. The summed E-state index contributed by atoms with van der Waals surface area (Å²) in [6, 6.07) is 18.1. The second-order valence-electron chi connectivity index (χ2n) is 12.7. The Balaban J connectivity index is 1.12. The number of carbonyl (C=O) groups excluding carboxylic acids is 1. The van der Waals surface area contributed by atoms with Gasteiger partial charge in [0.05, 0.1) is 34.6 Å². The Kier molecular flexibility index (Phi) is 10.2. The molecule has 5 aromatic rings. The van der Waals surface area contributed by atoms with E-state index >= 15 is 0 Å². The van der Waals surface area contributed by atoms with E-state index in [1.807, 2.05) is 55.6 Å². The highest BCUT2D eigenvalue weighted by atomic mass is 35.5. The minimum atomic E-state index is 0.113. The van der Waals surface area contributed by atoms with Gasteiger partial charge in [-0.25, -0.2) is 4.98 Å². The van der Waals surface area contributed by atoms with Crippen LogP contribution in [0.2, 0.25) is 10.0 Å². The van der Waals surface area contributed by atoms with E-state index in [0.29, 0.717) is 41.4 Å². The van der Waals surface area contributed by atoms with Crippen molar-refractivity contribution >= 4 is 40.1 Å². The second kappa shape index (κ2) is 14.9. The first-order valence-electron chi connectivity index (χ1n) is 16.8. The lowest BCUT2D eigenvalue weighted by Crippen LogP contribution is -2.35. The number of nitrogens with one attached hydrogen (secondary N) is 3. The fourth-order valence-corrected chi connectivity index (χ4v) is 7.48. The lowest BCUT2D eigenvalue weighted by Gasteiger charge is -2.16. The lowest BCUT2D eigenvalue weighted by atomic mass is 9.99. The van der Waals surface area contributed by atoms with E-state index in [2.05, 4.69) is 37.8 Å². The summed E-state index contributed by atoms with van der Waals surface area (Å²) in [5.41, 5.74) is 7.76. The van der Waals surface area contributed by atoms with Gasteiger partial charge in [-0.1, -0.05) is 53.5 Å². The van der Waals surface area contributed by atoms with Crippen molar-refractivity contribution in [3.63, 3.8) is 0 Å². The van der Waals surface area contributed by atoms with Gasteiger partial charge in [0, 0.05) is 97.9 Å². The molecule has 11 heteroatoms. The summed E-state index contributed by atoms with van der Waals surface area (Å²) in [5, 5.41) is 12.2. The molecule has 2 aliphatic rings. The highest BCUT2D eigenvalue weighted by Crippen LogP contribution is 2.42. The normalized spacial score (nSPS) is 17.6. The van der Waals surface area contributed by atoms with Crippen LogP contribution >= 0.6 is 23.2 Å². The van der Waals surface area contributed by atoms with Gasteiger partial charge < -0.3 is 30.0 Å². The Bertz CT molecular complexity index is 1990. The zero-order valence-corrected chi connectivity index (χ0v) is 29.2. The van der Waals surface area contributed by atoms with Crippen molar-refractivity contribution in [3.8, 4) is 39.4 Å². The minimum Gasteiger partial charge on any atom is -0.496 e. The number of benzene rings is 2. The first kappa shape index (κ1) is 33.5. The fraction of sp³-hybridized carbons (Fsp3) is 0.342. The number of pyridine rings is 2. The van der Waals surface area contributed by atoms with Crippen LogP contribution in [0, 0.1) is 0 Å². The zero-order chi connectivity index (χ0) is 33.9. The van der Waals surface area contributed by atoms with E-state index < -0.39 is 0 Å². The van der Waals surface area contributed by atoms with E-state index in [4.69, 9.17) is 37.7 Å². The van der Waals surface area contributed by atoms with Crippen molar-refractivity contribution in [2.24, 2.45) is 7.05 Å². The fourth-order valence-electron chi connectivity index (χ4n) is 6.84. The summed E-state index contributed by atoms with van der Waals surface area (Å²) < 4.78 is 13.6. The van der Waals surface area contributed by atoms with Crippen LogP contribution in [0.4, 0.5) is 0 Å². The average molecular weight is 700 g/mol. The molecule has 2 unspecified atom stereocenters. The maximum absolute atomic E-state index is 11.5. The van der Waals surface area contributed by atoms with Crippen molar-refractivity contribution in [2.45, 2.75) is 50.9 Å². The molecule has 0 bridgehead atoms. The summed E-state index contributed by atoms with van der Waals surface area (Å²) in [5.74, 6) is 0.842. The molecule has 1 amide bonds. The molecule has 9 nitrogen and oxygen atoms in total. The Labute approximate surface area is 296 Å². The molecule has 7 rings (SSSR count). The summed E-state index contributed by atoms with van der Waals surface area (Å²) in [4.78, 5) is 21.2. The number of methoxy groups -OCH3 is 1. The smallest absolute Gasteiger partial charge is 0.220 e. The van der Waals surface area contributed by atoms with Gasteiger partial charge >= 0.3 is 0 Å². The second-order valence-corrected chi connectivity index (χ2v) is 13.5. The van der Waals surface area contributed by atoms with Crippen LogP contribution in [0.5, 0.6) is 5.75 Å². The van der Waals surface area contributed by atoms with Crippen molar-refractivity contribution in [1.82, 2.24) is 30.5 Å². The summed E-state index contributed by atoms with van der Waals surface area (Å²) >= 11 is 14.2. The number of halogens is 2. The molecule has 0 radical (unpaired) electrons. The number of hydrogen-bond acceptors (Lipinski definition) is 7. The monoisotopic (exact) mass is 698 g/mol. The zero-order valence-electron chi connectivity index (χ0n) is 27.7. The third-order valence-corrected chi connectivity index (χ3v) is 10.2. The SMILES string of the molecule is COc1cc(-c2nccc(-c3cccc(-c4ccc5c(CNCC6CCCO6)cn(C)c5n4)c3Cl)c2Cl)ccc1CNCC1CCC(=O)N1. The standard InChI is InChI=1S/C38H40Cl2N6O3/c1-46-22-25(19-42-21-27-5-4-16-49-27)28-11-12-32(45-38(28)46)31-7-3-6-29(35(31)39)30-14-15-43-37(36(30)40)23-8-9-24(33(17-23)48-2)18-41-20-26-10-13-34(47)44-26/h3,6-9,11-12,14-15,17,22,26-27,41-42H,4-5,10,13,16,18-21H2,1-2H3,(H,44,47). The Morgan fingerprint density at radius 3 is 2.59 bits per heavy atom. The van der Waals surface area contributed by atoms with Crippen molar-refractivity contribution in [2.75, 3.05) is 26.8 Å². The van der Waals surface area contributed by atoms with E-state index in [1.54, 1.807) is 13.3 Å². The highest BCUT2D eigenvalue weighted by molar-refractivity contribution is 6.39. The van der Waals surface area contributed by atoms with Gasteiger partial charge in [-0.15, -0.1) is 0 Å². The molecule has 2 fully saturated rings. The molecule has 49 heavy (non-hydrogen) atoms. The maximum Gasteiger partial charge on any atom is 0.220 e. The first-order valence-corrected chi connectivity index (χ1v) is 17.5. The van der Waals surface area contributed by atoms with E-state index in [-0.39, 0.29) is 11.9 Å². The van der Waals surface area contributed by atoms with Gasteiger partial charge in [0.1, 0.15) is 11.4 Å². The number of aryl methyl sites for hydroxylation is 1. The number of fused-ring (bicyclic) bond motifs is 1. The number of nitrogens with zero attached hydrogens (tertiary/aromatic N) is 3. The third-order valence-electron chi connectivity index (χ3n) is 9.42. The van der Waals surface area contributed by atoms with Gasteiger partial charge in [0.15, 0.2) is 0 Å². The van der Waals surface area contributed by atoms with Gasteiger partial charge in [-0.2, -0.15) is 0 Å². The molecule has 5 heterocycles. The van der Waals surface area contributed by atoms with Crippen LogP contribution in [-0.2, 0) is 29.7 Å². The molecule has 3 aromatic heterocycles. The van der Waals surface area contributed by atoms with E-state index in [0.717, 1.165) is 89.3 Å². The molecule has 2 saturated heterocycles. The number of carbonyl (C=O) groups is 1. The molecule has 2 aromatic carbocycles. The number of ether oxygens (including phenoxy) is 2. The summed E-state index contributed by atoms with van der Waals surface area (Å²) in [6.45, 7) is 3.77. The summed E-state index contributed by atoms with van der Waals surface area (Å²) in [6.07, 6.45) is 7.87. The topological polar surface area (TPSA) is 102 Å². The predicted octanol–water partition coefficient (Wildman–Crippen LogP) is 6.92. The molecule has 2 aliphatic heterocycles. The Morgan fingerprint density at radius 2 is 1.80 bits per heavy atom. The van der Waals surface area contributed by atoms with Gasteiger partial charge in [-0.3, -0.25) is 9.78 Å². The van der Waals surface area contributed by atoms with Crippen LogP contribution in [0.15, 0.2) is 67.0 Å². The van der Waals surface area contributed by atoms with Crippen molar-refractivity contribution in [1.29, 1.82) is 0 Å². The predicted molar refractivity (Wildman–Crippen MR) is 195 cm³/mol. The number of aromatic nitrogens is 3. The van der Waals surface area contributed by atoms with Gasteiger partial charge in [-0.05, 0) is 49.1 Å². The largest absolute Gasteiger partial charge is 0.496 e. The van der Waals surface area contributed by atoms with Crippen molar-refractivity contribution < 1.29 is 14.3 Å². The molecule has 0 saturated carbocycles. The molecule has 3 N–H and O–H groups in total. The van der Waals surface area contributed by atoms with Gasteiger partial charge in [0.25, 0.3) is 0 Å². The molecule has 2 atom stereocenters. The Hall–Kier alpha value is -3.99. The van der Waals surface area contributed by atoms with Crippen LogP contribution in [-0.4, -0.2) is 59.4 Å². The minimum absolute atomic E-state index is 0.113. The molecule has 254 valence electrons. The Morgan fingerprint density at radius 1 is 0.980 bits per heavy atom. The quantitative estimate of drug-likeness (QED) is 0.130. The van der Waals surface area contributed by atoms with Crippen LogP contribution in [0.1, 0.15) is 36.8 Å². The molecule has 0 spiro atoms. The van der Waals surface area contributed by atoms with E-state index in [1.165, 1.54) is 5.56 Å². The molecular formula is C38H40Cl2N6O3. The molecular weight excluding hydrogens is 659 g/mol. The number of amides is 1. The molecule has 0 aliphatic carbocycles. The third kappa shape index (κ3) is 7.18. The van der Waals surface area contributed by atoms with E-state index in [9.17, 15) is 4.79 Å². The number of rotatable bonds is 12. The number of hydrogen-bond donors (Lipinski definition) is 3. The first-order chi connectivity index (χ1) is 23.9. The van der Waals surface area contributed by atoms with Gasteiger partial charge in [0.2, 0.25) is 5.91 Å². The lowest BCUT2D eigenvalue weighted by molar-refractivity contribution is -0.119. The summed E-state index contributed by atoms with van der Waals surface area (Å²) in [7, 11) is 3.68.